The summed E-state index contributed by atoms with van der Waals surface area (Å²) < 4.78 is 6.72. The van der Waals surface area contributed by atoms with Crippen LogP contribution in [-0.4, -0.2) is 27.6 Å². The molecule has 0 saturated heterocycles. The van der Waals surface area contributed by atoms with Gasteiger partial charge in [-0.1, -0.05) is 18.2 Å². The van der Waals surface area contributed by atoms with Crippen molar-refractivity contribution in [2.75, 3.05) is 7.11 Å². The van der Waals surface area contributed by atoms with Gasteiger partial charge in [0.1, 0.15) is 5.82 Å². The van der Waals surface area contributed by atoms with Crippen molar-refractivity contribution in [1.29, 1.82) is 0 Å². The lowest BCUT2D eigenvalue weighted by Gasteiger charge is -2.08. The van der Waals surface area contributed by atoms with Crippen molar-refractivity contribution in [2.24, 2.45) is 0 Å². The molecule has 0 amide bonds. The van der Waals surface area contributed by atoms with Crippen LogP contribution in [0.5, 0.6) is 0 Å². The topological polar surface area (TPSA) is 57.0 Å². The summed E-state index contributed by atoms with van der Waals surface area (Å²) in [6.45, 7) is 2.05. The number of hydrogen-bond donors (Lipinski definition) is 0. The van der Waals surface area contributed by atoms with E-state index in [9.17, 15) is 4.79 Å². The number of ether oxygens (including phenoxy) is 1. The number of benzene rings is 1. The molecule has 0 unspecified atom stereocenters. The maximum Gasteiger partial charge on any atom is 0.356 e. The summed E-state index contributed by atoms with van der Waals surface area (Å²) in [5, 5.41) is 1.09. The molecule has 0 radical (unpaired) electrons. The van der Waals surface area contributed by atoms with Gasteiger partial charge in [-0.05, 0) is 48.9 Å². The summed E-state index contributed by atoms with van der Waals surface area (Å²) in [6.07, 6.45) is 3.76. The van der Waals surface area contributed by atoms with E-state index in [-0.39, 0.29) is 5.69 Å². The molecule has 0 saturated carbocycles. The van der Waals surface area contributed by atoms with E-state index in [1.54, 1.807) is 12.1 Å². The monoisotopic (exact) mass is 343 g/mol. The zero-order valence-electron chi connectivity index (χ0n) is 14.5. The minimum absolute atomic E-state index is 0.281. The fraction of sp³-hybridized carbons (Fsp3) is 0.0952. The molecular formula is C21H17N3O2. The first-order valence-electron chi connectivity index (χ1n) is 8.25. The zero-order valence-corrected chi connectivity index (χ0v) is 14.5. The molecule has 0 atom stereocenters. The molecule has 0 bridgehead atoms. The zero-order chi connectivity index (χ0) is 18.1. The van der Waals surface area contributed by atoms with Gasteiger partial charge in [-0.15, -0.1) is 0 Å². The second-order valence-corrected chi connectivity index (χ2v) is 6.05. The van der Waals surface area contributed by atoms with Crippen molar-refractivity contribution in [3.05, 3.63) is 78.2 Å². The standard InChI is InChI=1S/C21H17N3O2/c1-14-8-10-22-18(12-14)16-7-6-15-9-11-24(19(15)13-16)20-5-3-4-17(23-20)21(25)26-2/h3-13H,1-2H3. The summed E-state index contributed by atoms with van der Waals surface area (Å²) >= 11 is 0. The lowest BCUT2D eigenvalue weighted by molar-refractivity contribution is 0.0594. The van der Waals surface area contributed by atoms with Crippen LogP contribution in [0.25, 0.3) is 28.0 Å². The van der Waals surface area contributed by atoms with Crippen LogP contribution in [0.1, 0.15) is 16.1 Å². The highest BCUT2D eigenvalue weighted by atomic mass is 16.5. The average molecular weight is 343 g/mol. The molecule has 128 valence electrons. The SMILES string of the molecule is COC(=O)c1cccc(-n2ccc3ccc(-c4cc(C)ccn4)cc32)n1. The van der Waals surface area contributed by atoms with Crippen molar-refractivity contribution in [3.8, 4) is 17.1 Å². The van der Waals surface area contributed by atoms with Crippen LogP contribution in [0, 0.1) is 6.92 Å². The molecule has 26 heavy (non-hydrogen) atoms. The highest BCUT2D eigenvalue weighted by molar-refractivity contribution is 5.88. The van der Waals surface area contributed by atoms with Crippen molar-refractivity contribution >= 4 is 16.9 Å². The van der Waals surface area contributed by atoms with Gasteiger partial charge in [0.05, 0.1) is 18.3 Å². The van der Waals surface area contributed by atoms with E-state index in [0.29, 0.717) is 5.82 Å². The molecular weight excluding hydrogens is 326 g/mol. The number of pyridine rings is 2. The normalized spacial score (nSPS) is 10.8. The lowest BCUT2D eigenvalue weighted by Crippen LogP contribution is -2.06. The largest absolute Gasteiger partial charge is 0.464 e. The Bertz CT molecular complexity index is 1120. The molecule has 0 aliphatic heterocycles. The Morgan fingerprint density at radius 2 is 1.96 bits per heavy atom. The van der Waals surface area contributed by atoms with Crippen LogP contribution in [0.3, 0.4) is 0 Å². The van der Waals surface area contributed by atoms with Gasteiger partial charge in [-0.3, -0.25) is 4.98 Å². The molecule has 0 fully saturated rings. The predicted octanol–water partition coefficient (Wildman–Crippen LogP) is 4.18. The third-order valence-electron chi connectivity index (χ3n) is 4.28. The van der Waals surface area contributed by atoms with E-state index >= 15 is 0 Å². The Morgan fingerprint density at radius 1 is 1.08 bits per heavy atom. The summed E-state index contributed by atoms with van der Waals surface area (Å²) in [7, 11) is 1.35. The Morgan fingerprint density at radius 3 is 2.77 bits per heavy atom. The predicted molar refractivity (Wildman–Crippen MR) is 100 cm³/mol. The maximum atomic E-state index is 11.8. The molecule has 1 aromatic carbocycles. The van der Waals surface area contributed by atoms with E-state index in [4.69, 9.17) is 4.74 Å². The first-order chi connectivity index (χ1) is 12.7. The number of aryl methyl sites for hydroxylation is 1. The van der Waals surface area contributed by atoms with Crippen LogP contribution in [0.15, 0.2) is 67.0 Å². The smallest absolute Gasteiger partial charge is 0.356 e. The van der Waals surface area contributed by atoms with E-state index < -0.39 is 5.97 Å². The summed E-state index contributed by atoms with van der Waals surface area (Å²) in [5.41, 5.74) is 4.41. The van der Waals surface area contributed by atoms with Gasteiger partial charge in [0, 0.05) is 23.3 Å². The number of carbonyl (C=O) groups excluding carboxylic acids is 1. The molecule has 5 nitrogen and oxygen atoms in total. The van der Waals surface area contributed by atoms with E-state index in [1.807, 2.05) is 35.2 Å². The second-order valence-electron chi connectivity index (χ2n) is 6.05. The molecule has 0 N–H and O–H groups in total. The van der Waals surface area contributed by atoms with Crippen molar-refractivity contribution in [1.82, 2.24) is 14.5 Å². The molecule has 4 rings (SSSR count). The Balaban J connectivity index is 1.84. The maximum absolute atomic E-state index is 11.8. The van der Waals surface area contributed by atoms with E-state index in [0.717, 1.165) is 27.7 Å². The quantitative estimate of drug-likeness (QED) is 0.524. The van der Waals surface area contributed by atoms with Gasteiger partial charge < -0.3 is 9.30 Å². The number of carbonyl (C=O) groups is 1. The highest BCUT2D eigenvalue weighted by Gasteiger charge is 2.11. The van der Waals surface area contributed by atoms with Gasteiger partial charge in [-0.25, -0.2) is 9.78 Å². The minimum Gasteiger partial charge on any atom is -0.464 e. The average Bonchev–Trinajstić information content (AvgIpc) is 3.10. The molecule has 0 aliphatic rings. The molecule has 3 heterocycles. The number of nitrogens with zero attached hydrogens (tertiary/aromatic N) is 3. The first kappa shape index (κ1) is 16.0. The molecule has 0 aliphatic carbocycles. The number of methoxy groups -OCH3 is 1. The Hall–Kier alpha value is -3.47. The van der Waals surface area contributed by atoms with Crippen molar-refractivity contribution in [3.63, 3.8) is 0 Å². The summed E-state index contributed by atoms with van der Waals surface area (Å²) in [5.74, 6) is 0.213. The number of rotatable bonds is 3. The van der Waals surface area contributed by atoms with Gasteiger partial charge in [-0.2, -0.15) is 0 Å². The Labute approximate surface area is 150 Å². The van der Waals surface area contributed by atoms with Crippen LogP contribution in [-0.2, 0) is 4.74 Å². The number of aromatic nitrogens is 3. The molecule has 5 heteroatoms. The molecule has 3 aromatic heterocycles. The van der Waals surface area contributed by atoms with Crippen molar-refractivity contribution in [2.45, 2.75) is 6.92 Å². The van der Waals surface area contributed by atoms with Gasteiger partial charge in [0.15, 0.2) is 5.69 Å². The summed E-state index contributed by atoms with van der Waals surface area (Å²) in [4.78, 5) is 20.7. The van der Waals surface area contributed by atoms with Gasteiger partial charge in [0.2, 0.25) is 0 Å². The van der Waals surface area contributed by atoms with Crippen LogP contribution in [0.4, 0.5) is 0 Å². The van der Waals surface area contributed by atoms with Crippen molar-refractivity contribution < 1.29 is 9.53 Å². The Kier molecular flexibility index (Phi) is 3.97. The number of esters is 1. The minimum atomic E-state index is -0.451. The van der Waals surface area contributed by atoms with Gasteiger partial charge in [0.25, 0.3) is 0 Å². The van der Waals surface area contributed by atoms with E-state index in [2.05, 4.69) is 41.2 Å². The second kappa shape index (κ2) is 6.44. The highest BCUT2D eigenvalue weighted by Crippen LogP contribution is 2.26. The first-order valence-corrected chi connectivity index (χ1v) is 8.25. The lowest BCUT2D eigenvalue weighted by atomic mass is 10.1. The fourth-order valence-corrected chi connectivity index (χ4v) is 2.96. The third-order valence-corrected chi connectivity index (χ3v) is 4.28. The molecule has 0 spiro atoms. The van der Waals surface area contributed by atoms with Crippen LogP contribution < -0.4 is 0 Å². The third kappa shape index (κ3) is 2.84. The van der Waals surface area contributed by atoms with Gasteiger partial charge >= 0.3 is 5.97 Å². The molecule has 4 aromatic rings. The number of fused-ring (bicyclic) bond motifs is 1. The van der Waals surface area contributed by atoms with Crippen LogP contribution in [0.2, 0.25) is 0 Å². The van der Waals surface area contributed by atoms with Crippen LogP contribution >= 0.6 is 0 Å². The summed E-state index contributed by atoms with van der Waals surface area (Å²) in [6, 6.07) is 17.6. The fourth-order valence-electron chi connectivity index (χ4n) is 2.96. The number of hydrogen-bond acceptors (Lipinski definition) is 4. The van der Waals surface area contributed by atoms with E-state index in [1.165, 1.54) is 7.11 Å².